The fourth-order valence-electron chi connectivity index (χ4n) is 0.763. The molecule has 0 aliphatic rings. The van der Waals surface area contributed by atoms with E-state index in [-0.39, 0.29) is 5.82 Å². The number of aryl methyl sites for hydroxylation is 1. The highest BCUT2D eigenvalue weighted by Crippen LogP contribution is 2.17. The largest absolute Gasteiger partial charge is 0.366 e. The Morgan fingerprint density at radius 2 is 2.40 bits per heavy atom. The number of nitro groups is 1. The van der Waals surface area contributed by atoms with Crippen molar-refractivity contribution in [1.82, 2.24) is 4.98 Å². The number of nitrogens with zero attached hydrogens (tertiary/aromatic N) is 1. The van der Waals surface area contributed by atoms with Gasteiger partial charge < -0.3 is 15.8 Å². The number of rotatable bonds is 1. The van der Waals surface area contributed by atoms with Crippen LogP contribution in [0.15, 0.2) is 6.07 Å². The van der Waals surface area contributed by atoms with Crippen molar-refractivity contribution in [2.75, 3.05) is 5.73 Å². The van der Waals surface area contributed by atoms with Crippen molar-refractivity contribution in [2.45, 2.75) is 6.92 Å². The van der Waals surface area contributed by atoms with Crippen molar-refractivity contribution in [3.63, 3.8) is 0 Å². The number of nitrogens with one attached hydrogen (secondary N) is 1. The van der Waals surface area contributed by atoms with E-state index in [2.05, 4.69) is 4.98 Å². The molecule has 1 heterocycles. The Hall–Kier alpha value is -1.52. The lowest BCUT2D eigenvalue weighted by Crippen LogP contribution is -1.90. The smallest absolute Gasteiger partial charge is 0.325 e. The SMILES string of the molecule is Cc1cc(N)[nH]c1[N+](=O)[O-]. The molecule has 3 N–H and O–H groups in total. The van der Waals surface area contributed by atoms with Crippen LogP contribution in [0.4, 0.5) is 11.6 Å². The van der Waals surface area contributed by atoms with E-state index in [9.17, 15) is 10.1 Å². The minimum absolute atomic E-state index is 0.0301. The van der Waals surface area contributed by atoms with Crippen LogP contribution in [0.25, 0.3) is 0 Å². The molecule has 0 aliphatic carbocycles. The fourth-order valence-corrected chi connectivity index (χ4v) is 0.763. The Balaban J connectivity index is 3.15. The summed E-state index contributed by atoms with van der Waals surface area (Å²) in [5.41, 5.74) is 5.82. The maximum atomic E-state index is 10.2. The van der Waals surface area contributed by atoms with Crippen molar-refractivity contribution in [1.29, 1.82) is 0 Å². The molecule has 1 rings (SSSR count). The lowest BCUT2D eigenvalue weighted by Gasteiger charge is -1.88. The van der Waals surface area contributed by atoms with Gasteiger partial charge >= 0.3 is 5.82 Å². The van der Waals surface area contributed by atoms with Crippen LogP contribution in [0.1, 0.15) is 5.56 Å². The number of aromatic nitrogens is 1. The summed E-state index contributed by atoms with van der Waals surface area (Å²) in [6.45, 7) is 1.63. The van der Waals surface area contributed by atoms with Crippen molar-refractivity contribution in [2.24, 2.45) is 0 Å². The van der Waals surface area contributed by atoms with E-state index in [1.807, 2.05) is 0 Å². The average Bonchev–Trinajstić information content (AvgIpc) is 2.10. The number of hydrogen-bond acceptors (Lipinski definition) is 3. The summed E-state index contributed by atoms with van der Waals surface area (Å²) in [6, 6.07) is 1.53. The van der Waals surface area contributed by atoms with E-state index in [1.54, 1.807) is 6.92 Å². The molecule has 0 radical (unpaired) electrons. The molecule has 54 valence electrons. The average molecular weight is 141 g/mol. The van der Waals surface area contributed by atoms with E-state index in [0.29, 0.717) is 11.4 Å². The molecule has 0 saturated carbocycles. The molecule has 1 aromatic rings. The van der Waals surface area contributed by atoms with Crippen LogP contribution in [-0.2, 0) is 0 Å². The fraction of sp³-hybridized carbons (Fsp3) is 0.200. The van der Waals surface area contributed by atoms with Gasteiger partial charge in [-0.25, -0.2) is 4.98 Å². The van der Waals surface area contributed by atoms with Crippen LogP contribution in [0.5, 0.6) is 0 Å². The first-order valence-electron chi connectivity index (χ1n) is 2.70. The van der Waals surface area contributed by atoms with Crippen LogP contribution < -0.4 is 5.73 Å². The molecule has 1 aromatic heterocycles. The van der Waals surface area contributed by atoms with E-state index in [4.69, 9.17) is 5.73 Å². The maximum absolute atomic E-state index is 10.2. The van der Waals surface area contributed by atoms with Crippen molar-refractivity contribution < 1.29 is 4.92 Å². The van der Waals surface area contributed by atoms with Gasteiger partial charge in [-0.2, -0.15) is 0 Å². The third kappa shape index (κ3) is 0.928. The second-order valence-corrected chi connectivity index (χ2v) is 2.01. The van der Waals surface area contributed by atoms with Gasteiger partial charge in [0.15, 0.2) is 5.82 Å². The second kappa shape index (κ2) is 2.02. The Bertz CT molecular complexity index is 266. The molecule has 0 amide bonds. The van der Waals surface area contributed by atoms with Crippen LogP contribution in [-0.4, -0.2) is 9.91 Å². The quantitative estimate of drug-likeness (QED) is 0.448. The third-order valence-electron chi connectivity index (χ3n) is 1.19. The standard InChI is InChI=1S/C5H7N3O2/c1-3-2-4(6)7-5(3)8(9)10/h2,7H,6H2,1H3. The molecular weight excluding hydrogens is 134 g/mol. The normalized spacial score (nSPS) is 9.70. The third-order valence-corrected chi connectivity index (χ3v) is 1.19. The van der Waals surface area contributed by atoms with E-state index in [1.165, 1.54) is 6.07 Å². The zero-order valence-electron chi connectivity index (χ0n) is 5.42. The molecule has 10 heavy (non-hydrogen) atoms. The number of aromatic amines is 1. The zero-order valence-corrected chi connectivity index (χ0v) is 5.42. The van der Waals surface area contributed by atoms with Gasteiger partial charge in [-0.15, -0.1) is 0 Å². The molecule has 0 unspecified atom stereocenters. The van der Waals surface area contributed by atoms with Gasteiger partial charge in [0.25, 0.3) is 0 Å². The molecule has 0 bridgehead atoms. The topological polar surface area (TPSA) is 85.0 Å². The first kappa shape index (κ1) is 6.60. The first-order chi connectivity index (χ1) is 4.61. The summed E-state index contributed by atoms with van der Waals surface area (Å²) in [5, 5.41) is 10.2. The number of anilines is 1. The van der Waals surface area contributed by atoms with Gasteiger partial charge in [0.05, 0.1) is 0 Å². The monoisotopic (exact) mass is 141 g/mol. The van der Waals surface area contributed by atoms with Gasteiger partial charge in [-0.3, -0.25) is 0 Å². The Morgan fingerprint density at radius 1 is 1.80 bits per heavy atom. The van der Waals surface area contributed by atoms with E-state index >= 15 is 0 Å². The molecule has 0 aromatic carbocycles. The number of hydrogen-bond donors (Lipinski definition) is 2. The maximum Gasteiger partial charge on any atom is 0.325 e. The van der Waals surface area contributed by atoms with Gasteiger partial charge in [-0.05, 0) is 11.8 Å². The number of nitrogens with two attached hydrogens (primary N) is 1. The summed E-state index contributed by atoms with van der Waals surface area (Å²) in [5.74, 6) is 0.293. The Labute approximate surface area is 57.0 Å². The highest BCUT2D eigenvalue weighted by Gasteiger charge is 2.10. The minimum atomic E-state index is -0.494. The Kier molecular flexibility index (Phi) is 1.33. The summed E-state index contributed by atoms with van der Waals surface area (Å²) in [7, 11) is 0. The summed E-state index contributed by atoms with van der Waals surface area (Å²) < 4.78 is 0. The van der Waals surface area contributed by atoms with Crippen LogP contribution in [0.3, 0.4) is 0 Å². The molecule has 0 fully saturated rings. The predicted octanol–water partition coefficient (Wildman–Crippen LogP) is 0.814. The van der Waals surface area contributed by atoms with Crippen molar-refractivity contribution in [3.05, 3.63) is 21.7 Å². The summed E-state index contributed by atoms with van der Waals surface area (Å²) in [4.78, 5) is 12.1. The summed E-state index contributed by atoms with van der Waals surface area (Å²) >= 11 is 0. The second-order valence-electron chi connectivity index (χ2n) is 2.01. The highest BCUT2D eigenvalue weighted by molar-refractivity contribution is 5.45. The van der Waals surface area contributed by atoms with Crippen LogP contribution in [0, 0.1) is 17.0 Å². The Morgan fingerprint density at radius 3 is 2.60 bits per heavy atom. The van der Waals surface area contributed by atoms with Gasteiger partial charge in [0.2, 0.25) is 0 Å². The molecule has 0 aliphatic heterocycles. The zero-order chi connectivity index (χ0) is 7.72. The van der Waals surface area contributed by atoms with Crippen molar-refractivity contribution in [3.8, 4) is 0 Å². The van der Waals surface area contributed by atoms with E-state index < -0.39 is 4.92 Å². The highest BCUT2D eigenvalue weighted by atomic mass is 16.6. The minimum Gasteiger partial charge on any atom is -0.366 e. The molecule has 0 atom stereocenters. The molecule has 0 spiro atoms. The number of H-pyrrole nitrogens is 1. The summed E-state index contributed by atoms with van der Waals surface area (Å²) in [6.07, 6.45) is 0. The van der Waals surface area contributed by atoms with Crippen molar-refractivity contribution >= 4 is 11.6 Å². The van der Waals surface area contributed by atoms with Gasteiger partial charge in [-0.1, -0.05) is 0 Å². The first-order valence-corrected chi connectivity index (χ1v) is 2.70. The van der Waals surface area contributed by atoms with Gasteiger partial charge in [0, 0.05) is 11.6 Å². The van der Waals surface area contributed by atoms with E-state index in [0.717, 1.165) is 0 Å². The lowest BCUT2D eigenvalue weighted by atomic mass is 10.3. The molecule has 5 nitrogen and oxygen atoms in total. The van der Waals surface area contributed by atoms with Gasteiger partial charge in [0.1, 0.15) is 0 Å². The van der Waals surface area contributed by atoms with Crippen LogP contribution in [0.2, 0.25) is 0 Å². The number of nitrogen functional groups attached to an aromatic ring is 1. The molecular formula is C5H7N3O2. The molecule has 0 saturated heterocycles. The van der Waals surface area contributed by atoms with Crippen LogP contribution >= 0.6 is 0 Å². The predicted molar refractivity (Wildman–Crippen MR) is 36.6 cm³/mol. The lowest BCUT2D eigenvalue weighted by molar-refractivity contribution is -0.389. The molecule has 5 heteroatoms.